The highest BCUT2D eigenvalue weighted by Gasteiger charge is 2.50. The molecule has 23 heavy (non-hydrogen) atoms. The quantitative estimate of drug-likeness (QED) is 0.519. The Bertz CT molecular complexity index is 527. The highest BCUT2D eigenvalue weighted by molar-refractivity contribution is 7.54. The molecule has 0 radical (unpaired) electrons. The Hall–Kier alpha value is -1.04. The van der Waals surface area contributed by atoms with Gasteiger partial charge in [0.2, 0.25) is 0 Å². The van der Waals surface area contributed by atoms with Crippen LogP contribution >= 0.6 is 7.60 Å². The average Bonchev–Trinajstić information content (AvgIpc) is 2.90. The summed E-state index contributed by atoms with van der Waals surface area (Å²) in [5, 5.41) is 0. The molecule has 0 aromatic rings. The van der Waals surface area contributed by atoms with E-state index in [0.29, 0.717) is 0 Å². The molecule has 1 aliphatic heterocycles. The topological polar surface area (TPSA) is 91.3 Å². The molecule has 1 aliphatic rings. The fraction of sp³-hybridized carbons (Fsp3) is 0.800. The predicted molar refractivity (Wildman–Crippen MR) is 86.7 cm³/mol. The van der Waals surface area contributed by atoms with Gasteiger partial charge in [0.25, 0.3) is 0 Å². The molecule has 2 unspecified atom stereocenters. The molecule has 0 amide bonds. The van der Waals surface area contributed by atoms with Gasteiger partial charge in [0.15, 0.2) is 11.6 Å². The van der Waals surface area contributed by atoms with Crippen molar-refractivity contribution in [2.75, 3.05) is 20.3 Å². The second kappa shape index (κ2) is 7.69. The highest BCUT2D eigenvalue weighted by atomic mass is 31.2. The summed E-state index contributed by atoms with van der Waals surface area (Å²) in [5.74, 6) is -2.65. The van der Waals surface area contributed by atoms with Crippen molar-refractivity contribution in [3.63, 3.8) is 0 Å². The summed E-state index contributed by atoms with van der Waals surface area (Å²) >= 11 is 0. The first-order valence-electron chi connectivity index (χ1n) is 7.68. The molecule has 0 saturated heterocycles. The van der Waals surface area contributed by atoms with Crippen LogP contribution in [0.3, 0.4) is 0 Å². The number of aliphatic imine (C=N–C) groups is 1. The molecular formula is C15H26NO6P. The zero-order valence-electron chi connectivity index (χ0n) is 14.6. The lowest BCUT2D eigenvalue weighted by atomic mass is 9.86. The molecule has 0 saturated carbocycles. The molecule has 8 heteroatoms. The predicted octanol–water partition coefficient (Wildman–Crippen LogP) is 2.83. The normalized spacial score (nSPS) is 21.9. The Morgan fingerprint density at radius 2 is 1.74 bits per heavy atom. The van der Waals surface area contributed by atoms with Crippen molar-refractivity contribution < 1.29 is 27.9 Å². The first-order chi connectivity index (χ1) is 10.6. The van der Waals surface area contributed by atoms with Crippen LogP contribution in [0.1, 0.15) is 41.0 Å². The molecular weight excluding hydrogens is 321 g/mol. The maximum Gasteiger partial charge on any atom is 0.355 e. The zero-order chi connectivity index (χ0) is 17.8. The third kappa shape index (κ3) is 4.49. The van der Waals surface area contributed by atoms with Gasteiger partial charge in [-0.15, -0.1) is 0 Å². The summed E-state index contributed by atoms with van der Waals surface area (Å²) in [5.41, 5.74) is -0.409. The summed E-state index contributed by atoms with van der Waals surface area (Å²) in [7, 11) is -2.41. The van der Waals surface area contributed by atoms with Crippen molar-refractivity contribution in [3.05, 3.63) is 0 Å². The molecule has 0 aromatic carbocycles. The number of carbonyl (C=O) groups excluding carboxylic acids is 2. The van der Waals surface area contributed by atoms with Gasteiger partial charge in [0, 0.05) is 11.8 Å². The van der Waals surface area contributed by atoms with Crippen LogP contribution in [-0.2, 0) is 27.9 Å². The minimum atomic E-state index is -3.66. The fourth-order valence-corrected chi connectivity index (χ4v) is 4.45. The van der Waals surface area contributed by atoms with E-state index < -0.39 is 30.7 Å². The molecule has 132 valence electrons. The summed E-state index contributed by atoms with van der Waals surface area (Å²) in [6.07, 6.45) is 0.0809. The van der Waals surface area contributed by atoms with Gasteiger partial charge in [0.05, 0.1) is 32.0 Å². The second-order valence-electron chi connectivity index (χ2n) is 6.28. The number of hydrogen-bond acceptors (Lipinski definition) is 7. The second-order valence-corrected chi connectivity index (χ2v) is 8.40. The van der Waals surface area contributed by atoms with Crippen LogP contribution in [0.4, 0.5) is 0 Å². The van der Waals surface area contributed by atoms with Crippen molar-refractivity contribution in [1.82, 2.24) is 0 Å². The monoisotopic (exact) mass is 347 g/mol. The number of hydrogen-bond donors (Lipinski definition) is 0. The Morgan fingerprint density at radius 3 is 2.13 bits per heavy atom. The van der Waals surface area contributed by atoms with E-state index in [1.807, 2.05) is 0 Å². The van der Waals surface area contributed by atoms with Gasteiger partial charge in [-0.25, -0.2) is 0 Å². The van der Waals surface area contributed by atoms with Gasteiger partial charge < -0.3 is 13.8 Å². The minimum absolute atomic E-state index is 0.0809. The van der Waals surface area contributed by atoms with Gasteiger partial charge in [0.1, 0.15) is 0 Å². The standard InChI is InChI=1S/C15H26NO6P/c1-7-21-23(19,22-8-2)13-10(14(18)20-6)9-11(16-13)12(17)15(3,4)5/h10,13H,7-9H2,1-6H3. The maximum atomic E-state index is 13.0. The molecule has 1 rings (SSSR count). The van der Waals surface area contributed by atoms with E-state index >= 15 is 0 Å². The van der Waals surface area contributed by atoms with Crippen molar-refractivity contribution in [3.8, 4) is 0 Å². The first-order valence-corrected chi connectivity index (χ1v) is 9.30. The van der Waals surface area contributed by atoms with Gasteiger partial charge in [-0.3, -0.25) is 19.1 Å². The molecule has 0 spiro atoms. The van der Waals surface area contributed by atoms with E-state index in [0.717, 1.165) is 0 Å². The lowest BCUT2D eigenvalue weighted by Gasteiger charge is -2.24. The van der Waals surface area contributed by atoms with E-state index in [-0.39, 0.29) is 31.1 Å². The van der Waals surface area contributed by atoms with E-state index in [9.17, 15) is 14.2 Å². The molecule has 0 aliphatic carbocycles. The Balaban J connectivity index is 3.25. The van der Waals surface area contributed by atoms with E-state index in [2.05, 4.69) is 4.99 Å². The van der Waals surface area contributed by atoms with Crippen molar-refractivity contribution in [2.24, 2.45) is 16.3 Å². The highest BCUT2D eigenvalue weighted by Crippen LogP contribution is 2.58. The van der Waals surface area contributed by atoms with Crippen LogP contribution in [0.5, 0.6) is 0 Å². The third-order valence-corrected chi connectivity index (χ3v) is 5.81. The number of Topliss-reactive ketones (excluding diaryl/α,β-unsaturated/α-hetero) is 1. The van der Waals surface area contributed by atoms with E-state index in [4.69, 9.17) is 13.8 Å². The fourth-order valence-electron chi connectivity index (χ4n) is 2.40. The smallest absolute Gasteiger partial charge is 0.355 e. The van der Waals surface area contributed by atoms with Crippen LogP contribution in [0.2, 0.25) is 0 Å². The number of nitrogens with zero attached hydrogens (tertiary/aromatic N) is 1. The van der Waals surface area contributed by atoms with Crippen LogP contribution in [0.25, 0.3) is 0 Å². The Labute approximate surface area is 137 Å². The molecule has 0 bridgehead atoms. The SMILES string of the molecule is CCOP(=O)(OCC)C1N=C(C(=O)C(C)(C)C)CC1C(=O)OC. The van der Waals surface area contributed by atoms with Gasteiger partial charge in [-0.1, -0.05) is 20.8 Å². The van der Waals surface area contributed by atoms with Crippen molar-refractivity contribution in [1.29, 1.82) is 0 Å². The first kappa shape index (κ1) is 20.0. The maximum absolute atomic E-state index is 13.0. The lowest BCUT2D eigenvalue weighted by Crippen LogP contribution is -2.29. The molecule has 7 nitrogen and oxygen atoms in total. The minimum Gasteiger partial charge on any atom is -0.469 e. The van der Waals surface area contributed by atoms with Crippen LogP contribution in [-0.4, -0.2) is 43.6 Å². The van der Waals surface area contributed by atoms with Gasteiger partial charge >= 0.3 is 13.6 Å². The number of rotatable bonds is 7. The molecule has 2 atom stereocenters. The van der Waals surface area contributed by atoms with Crippen molar-refractivity contribution in [2.45, 2.75) is 46.8 Å². The van der Waals surface area contributed by atoms with Crippen LogP contribution in [0.15, 0.2) is 4.99 Å². The van der Waals surface area contributed by atoms with E-state index in [1.54, 1.807) is 34.6 Å². The van der Waals surface area contributed by atoms with Crippen LogP contribution < -0.4 is 0 Å². The molecule has 0 N–H and O–H groups in total. The number of carbonyl (C=O) groups is 2. The Kier molecular flexibility index (Phi) is 6.69. The lowest BCUT2D eigenvalue weighted by molar-refractivity contribution is -0.145. The number of esters is 1. The largest absolute Gasteiger partial charge is 0.469 e. The summed E-state index contributed by atoms with van der Waals surface area (Å²) in [6.45, 7) is 8.96. The summed E-state index contributed by atoms with van der Waals surface area (Å²) < 4.78 is 28.4. The van der Waals surface area contributed by atoms with Gasteiger partial charge in [-0.05, 0) is 13.8 Å². The Morgan fingerprint density at radius 1 is 1.22 bits per heavy atom. The molecule has 0 aromatic heterocycles. The van der Waals surface area contributed by atoms with E-state index in [1.165, 1.54) is 7.11 Å². The third-order valence-electron chi connectivity index (χ3n) is 3.45. The number of ketones is 1. The average molecular weight is 347 g/mol. The number of ether oxygens (including phenoxy) is 1. The zero-order valence-corrected chi connectivity index (χ0v) is 15.5. The van der Waals surface area contributed by atoms with Crippen molar-refractivity contribution >= 4 is 25.1 Å². The van der Waals surface area contributed by atoms with Crippen LogP contribution in [0, 0.1) is 11.3 Å². The summed E-state index contributed by atoms with van der Waals surface area (Å²) in [6, 6.07) is 0. The van der Waals surface area contributed by atoms with Gasteiger partial charge in [-0.2, -0.15) is 0 Å². The molecule has 0 fully saturated rings. The number of methoxy groups -OCH3 is 1. The summed E-state index contributed by atoms with van der Waals surface area (Å²) in [4.78, 5) is 28.8. The molecule has 1 heterocycles.